The Morgan fingerprint density at radius 3 is 2.61 bits per heavy atom. The predicted molar refractivity (Wildman–Crippen MR) is 107 cm³/mol. The fraction of sp³-hybridized carbons (Fsp3) is 0.455. The van der Waals surface area contributed by atoms with Crippen LogP contribution in [0.5, 0.6) is 0 Å². The zero-order valence-corrected chi connectivity index (χ0v) is 16.1. The molecule has 1 spiro atoms. The van der Waals surface area contributed by atoms with Crippen LogP contribution < -0.4 is 5.32 Å². The zero-order valence-electron chi connectivity index (χ0n) is 16.1. The van der Waals surface area contributed by atoms with Gasteiger partial charge in [-0.3, -0.25) is 9.78 Å². The number of hydrogen-bond donors (Lipinski definition) is 1. The number of rotatable bonds is 6. The van der Waals surface area contributed by atoms with E-state index in [0.29, 0.717) is 31.9 Å². The lowest BCUT2D eigenvalue weighted by atomic mass is 10.0. The van der Waals surface area contributed by atoms with Gasteiger partial charge in [-0.1, -0.05) is 30.3 Å². The Kier molecular flexibility index (Phi) is 5.88. The summed E-state index contributed by atoms with van der Waals surface area (Å²) < 4.78 is 11.5. The van der Waals surface area contributed by atoms with Crippen LogP contribution in [-0.4, -0.2) is 54.4 Å². The molecule has 1 N–H and O–H groups in total. The van der Waals surface area contributed by atoms with Gasteiger partial charge in [-0.05, 0) is 24.5 Å². The van der Waals surface area contributed by atoms with Gasteiger partial charge >= 0.3 is 0 Å². The van der Waals surface area contributed by atoms with Gasteiger partial charge in [0.2, 0.25) is 0 Å². The summed E-state index contributed by atoms with van der Waals surface area (Å²) in [5, 5.41) is 3.38. The number of nitrogens with one attached hydrogen (secondary N) is 1. The van der Waals surface area contributed by atoms with Crippen LogP contribution in [-0.2, 0) is 15.9 Å². The van der Waals surface area contributed by atoms with E-state index in [4.69, 9.17) is 9.47 Å². The molecule has 1 aromatic carbocycles. The monoisotopic (exact) mass is 381 g/mol. The highest BCUT2D eigenvalue weighted by atomic mass is 16.7. The van der Waals surface area contributed by atoms with Crippen LogP contribution in [0, 0.1) is 0 Å². The van der Waals surface area contributed by atoms with Crippen LogP contribution >= 0.6 is 0 Å². The number of piperidine rings is 1. The van der Waals surface area contributed by atoms with Crippen LogP contribution in [0.2, 0.25) is 0 Å². The third kappa shape index (κ3) is 4.51. The second kappa shape index (κ2) is 8.71. The first-order chi connectivity index (χ1) is 13.7. The summed E-state index contributed by atoms with van der Waals surface area (Å²) in [6, 6.07) is 12.3. The number of nitrogens with zero attached hydrogens (tertiary/aromatic N) is 2. The van der Waals surface area contributed by atoms with E-state index >= 15 is 0 Å². The summed E-state index contributed by atoms with van der Waals surface area (Å²) in [5.41, 5.74) is 2.84. The van der Waals surface area contributed by atoms with Crippen molar-refractivity contribution in [1.82, 2.24) is 9.88 Å². The first kappa shape index (κ1) is 18.9. The molecule has 4 rings (SSSR count). The average molecular weight is 381 g/mol. The molecule has 0 aliphatic carbocycles. The van der Waals surface area contributed by atoms with Crippen LogP contribution in [0.4, 0.5) is 5.69 Å². The molecule has 0 radical (unpaired) electrons. The number of benzene rings is 1. The van der Waals surface area contributed by atoms with Crippen molar-refractivity contribution in [1.29, 1.82) is 0 Å². The highest BCUT2D eigenvalue weighted by Gasteiger charge is 2.40. The second-order valence-electron chi connectivity index (χ2n) is 7.38. The number of carbonyl (C=O) groups excluding carboxylic acids is 1. The molecule has 2 aromatic rings. The van der Waals surface area contributed by atoms with Gasteiger partial charge in [-0.15, -0.1) is 0 Å². The first-order valence-electron chi connectivity index (χ1n) is 10.0. The van der Waals surface area contributed by atoms with E-state index in [0.717, 1.165) is 37.9 Å². The molecule has 0 saturated carbocycles. The van der Waals surface area contributed by atoms with Gasteiger partial charge in [-0.2, -0.15) is 0 Å². The SMILES string of the molecule is O=C(c1cncc(NCCCc2ccccc2)c1)N1CCC2(CC1)OCCO2. The predicted octanol–water partition coefficient (Wildman–Crippen LogP) is 3.11. The van der Waals surface area contributed by atoms with E-state index in [1.54, 1.807) is 12.4 Å². The number of pyridine rings is 1. The highest BCUT2D eigenvalue weighted by molar-refractivity contribution is 5.94. The molecule has 1 amide bonds. The van der Waals surface area contributed by atoms with Crippen molar-refractivity contribution >= 4 is 11.6 Å². The Labute approximate surface area is 165 Å². The summed E-state index contributed by atoms with van der Waals surface area (Å²) in [7, 11) is 0. The maximum Gasteiger partial charge on any atom is 0.255 e. The topological polar surface area (TPSA) is 63.7 Å². The van der Waals surface area contributed by atoms with E-state index in [1.165, 1.54) is 5.56 Å². The Bertz CT molecular complexity index is 781. The molecule has 0 atom stereocenters. The summed E-state index contributed by atoms with van der Waals surface area (Å²) >= 11 is 0. The highest BCUT2D eigenvalue weighted by Crippen LogP contribution is 2.31. The van der Waals surface area contributed by atoms with Crippen molar-refractivity contribution in [3.05, 3.63) is 59.9 Å². The number of likely N-dealkylation sites (tertiary alicyclic amines) is 1. The fourth-order valence-corrected chi connectivity index (χ4v) is 3.84. The quantitative estimate of drug-likeness (QED) is 0.779. The van der Waals surface area contributed by atoms with Crippen LogP contribution in [0.25, 0.3) is 0 Å². The molecule has 2 fully saturated rings. The van der Waals surface area contributed by atoms with Gasteiger partial charge in [0.1, 0.15) is 0 Å². The molecule has 3 heterocycles. The lowest BCUT2D eigenvalue weighted by Gasteiger charge is -2.37. The van der Waals surface area contributed by atoms with Crippen molar-refractivity contribution in [2.24, 2.45) is 0 Å². The number of hydrogen-bond acceptors (Lipinski definition) is 5. The van der Waals surface area contributed by atoms with E-state index in [9.17, 15) is 4.79 Å². The molecule has 2 aliphatic rings. The normalized spacial score (nSPS) is 18.4. The number of aromatic nitrogens is 1. The molecule has 148 valence electrons. The average Bonchev–Trinajstić information content (AvgIpc) is 3.20. The minimum absolute atomic E-state index is 0.0216. The fourth-order valence-electron chi connectivity index (χ4n) is 3.84. The van der Waals surface area contributed by atoms with Crippen molar-refractivity contribution in [3.63, 3.8) is 0 Å². The number of carbonyl (C=O) groups is 1. The molecular weight excluding hydrogens is 354 g/mol. The van der Waals surface area contributed by atoms with Crippen molar-refractivity contribution in [3.8, 4) is 0 Å². The number of amides is 1. The second-order valence-corrected chi connectivity index (χ2v) is 7.38. The summed E-state index contributed by atoms with van der Waals surface area (Å²) in [6.07, 6.45) is 6.91. The summed E-state index contributed by atoms with van der Waals surface area (Å²) in [6.45, 7) is 3.43. The summed E-state index contributed by atoms with van der Waals surface area (Å²) in [5.74, 6) is -0.440. The minimum Gasteiger partial charge on any atom is -0.384 e. The molecule has 6 nitrogen and oxygen atoms in total. The minimum atomic E-state index is -0.461. The van der Waals surface area contributed by atoms with Gasteiger partial charge in [0.15, 0.2) is 5.79 Å². The smallest absolute Gasteiger partial charge is 0.255 e. The molecule has 28 heavy (non-hydrogen) atoms. The molecular formula is C22H27N3O3. The molecule has 6 heteroatoms. The van der Waals surface area contributed by atoms with Crippen molar-refractivity contribution < 1.29 is 14.3 Å². The molecule has 0 bridgehead atoms. The lowest BCUT2D eigenvalue weighted by Crippen LogP contribution is -2.47. The molecule has 0 unspecified atom stereocenters. The summed E-state index contributed by atoms with van der Waals surface area (Å²) in [4.78, 5) is 19.0. The standard InChI is InChI=1S/C22H27N3O3/c26-21(25-11-8-22(9-12-25)27-13-14-28-22)19-15-20(17-23-16-19)24-10-4-7-18-5-2-1-3-6-18/h1-3,5-6,15-17,24H,4,7-14H2. The molecule has 2 aliphatic heterocycles. The van der Waals surface area contributed by atoms with Crippen molar-refractivity contribution in [2.45, 2.75) is 31.5 Å². The molecule has 2 saturated heterocycles. The van der Waals surface area contributed by atoms with E-state index in [2.05, 4.69) is 34.6 Å². The zero-order chi connectivity index (χ0) is 19.2. The van der Waals surface area contributed by atoms with E-state index < -0.39 is 5.79 Å². The van der Waals surface area contributed by atoms with Gasteiger partial charge in [-0.25, -0.2) is 0 Å². The van der Waals surface area contributed by atoms with E-state index in [-0.39, 0.29) is 5.91 Å². The van der Waals surface area contributed by atoms with Crippen LogP contribution in [0.15, 0.2) is 48.8 Å². The Morgan fingerprint density at radius 2 is 1.86 bits per heavy atom. The van der Waals surface area contributed by atoms with Crippen molar-refractivity contribution in [2.75, 3.05) is 38.2 Å². The Hall–Kier alpha value is -2.44. The third-order valence-corrected chi connectivity index (χ3v) is 5.43. The number of ether oxygens (including phenoxy) is 2. The van der Waals surface area contributed by atoms with Gasteiger partial charge in [0, 0.05) is 44.9 Å². The Balaban J connectivity index is 1.27. The molecule has 1 aromatic heterocycles. The van der Waals surface area contributed by atoms with Gasteiger partial charge in [0.25, 0.3) is 5.91 Å². The first-order valence-corrected chi connectivity index (χ1v) is 10.0. The number of anilines is 1. The van der Waals surface area contributed by atoms with Crippen LogP contribution in [0.3, 0.4) is 0 Å². The maximum absolute atomic E-state index is 12.8. The lowest BCUT2D eigenvalue weighted by molar-refractivity contribution is -0.181. The van der Waals surface area contributed by atoms with Gasteiger partial charge in [0.05, 0.1) is 24.5 Å². The largest absolute Gasteiger partial charge is 0.384 e. The maximum atomic E-state index is 12.8. The van der Waals surface area contributed by atoms with Crippen LogP contribution in [0.1, 0.15) is 35.2 Å². The number of aryl methyl sites for hydroxylation is 1. The Morgan fingerprint density at radius 1 is 1.11 bits per heavy atom. The van der Waals surface area contributed by atoms with E-state index in [1.807, 2.05) is 17.0 Å². The third-order valence-electron chi connectivity index (χ3n) is 5.43. The van der Waals surface area contributed by atoms with Gasteiger partial charge < -0.3 is 19.7 Å².